The number of benzene rings is 1. The second kappa shape index (κ2) is 5.24. The Balaban J connectivity index is 1.81. The van der Waals surface area contributed by atoms with Crippen LogP contribution in [0.1, 0.15) is 5.69 Å². The zero-order chi connectivity index (χ0) is 14.8. The molecule has 1 aromatic carbocycles. The van der Waals surface area contributed by atoms with Crippen LogP contribution in [0, 0.1) is 12.7 Å². The molecule has 0 fully saturated rings. The van der Waals surface area contributed by atoms with E-state index in [1.165, 1.54) is 12.1 Å². The van der Waals surface area contributed by atoms with E-state index in [2.05, 4.69) is 10.1 Å². The lowest BCUT2D eigenvalue weighted by molar-refractivity contribution is 0.453. The SMILES string of the molecule is Cc1ccc(-n2ccc(Oc3ccc(N)c(F)c3)n2)cn1. The van der Waals surface area contributed by atoms with E-state index >= 15 is 0 Å². The zero-order valence-electron chi connectivity index (χ0n) is 11.3. The largest absolute Gasteiger partial charge is 0.437 e. The van der Waals surface area contributed by atoms with E-state index in [0.29, 0.717) is 11.6 Å². The van der Waals surface area contributed by atoms with Gasteiger partial charge in [-0.2, -0.15) is 0 Å². The summed E-state index contributed by atoms with van der Waals surface area (Å²) in [4.78, 5) is 4.20. The Morgan fingerprint density at radius 1 is 1.19 bits per heavy atom. The number of rotatable bonds is 3. The quantitative estimate of drug-likeness (QED) is 0.750. The van der Waals surface area contributed by atoms with Crippen molar-refractivity contribution in [2.45, 2.75) is 6.92 Å². The average Bonchev–Trinajstić information content (AvgIpc) is 2.92. The van der Waals surface area contributed by atoms with E-state index in [-0.39, 0.29) is 5.69 Å². The van der Waals surface area contributed by atoms with Crippen LogP contribution >= 0.6 is 0 Å². The molecule has 0 aliphatic carbocycles. The van der Waals surface area contributed by atoms with Crippen LogP contribution in [0.4, 0.5) is 10.1 Å². The van der Waals surface area contributed by atoms with E-state index in [1.807, 2.05) is 19.1 Å². The predicted octanol–water partition coefficient (Wildman–Crippen LogP) is 3.09. The molecule has 0 aliphatic rings. The second-order valence-corrected chi connectivity index (χ2v) is 4.54. The van der Waals surface area contributed by atoms with Crippen LogP contribution in [-0.4, -0.2) is 14.8 Å². The summed E-state index contributed by atoms with van der Waals surface area (Å²) in [6.07, 6.45) is 3.46. The molecule has 0 bridgehead atoms. The van der Waals surface area contributed by atoms with Crippen molar-refractivity contribution in [3.05, 3.63) is 60.3 Å². The van der Waals surface area contributed by atoms with Crippen molar-refractivity contribution in [2.24, 2.45) is 0 Å². The molecule has 2 aromatic heterocycles. The fourth-order valence-corrected chi connectivity index (χ4v) is 1.79. The van der Waals surface area contributed by atoms with Crippen LogP contribution in [-0.2, 0) is 0 Å². The summed E-state index contributed by atoms with van der Waals surface area (Å²) in [6, 6.07) is 9.75. The van der Waals surface area contributed by atoms with E-state index in [0.717, 1.165) is 11.4 Å². The summed E-state index contributed by atoms with van der Waals surface area (Å²) < 4.78 is 20.5. The third kappa shape index (κ3) is 2.84. The lowest BCUT2D eigenvalue weighted by atomic mass is 10.3. The van der Waals surface area contributed by atoms with Gasteiger partial charge in [-0.05, 0) is 31.2 Å². The number of ether oxygens (including phenoxy) is 1. The Bertz CT molecular complexity index is 768. The molecule has 0 radical (unpaired) electrons. The number of aryl methyl sites for hydroxylation is 1. The van der Waals surface area contributed by atoms with Gasteiger partial charge in [-0.1, -0.05) is 0 Å². The summed E-state index contributed by atoms with van der Waals surface area (Å²) in [7, 11) is 0. The number of nitrogen functional groups attached to an aromatic ring is 1. The van der Waals surface area contributed by atoms with Gasteiger partial charge in [0.2, 0.25) is 5.88 Å². The molecule has 0 unspecified atom stereocenters. The number of aromatic nitrogens is 3. The molecule has 6 heteroatoms. The minimum Gasteiger partial charge on any atom is -0.437 e. The molecule has 0 saturated heterocycles. The highest BCUT2D eigenvalue weighted by molar-refractivity contribution is 5.44. The lowest BCUT2D eigenvalue weighted by Crippen LogP contribution is -1.97. The molecule has 2 N–H and O–H groups in total. The van der Waals surface area contributed by atoms with Crippen LogP contribution in [0.25, 0.3) is 5.69 Å². The number of hydrogen-bond acceptors (Lipinski definition) is 4. The number of nitrogens with zero attached hydrogens (tertiary/aromatic N) is 3. The van der Waals surface area contributed by atoms with Crippen LogP contribution < -0.4 is 10.5 Å². The van der Waals surface area contributed by atoms with Crippen molar-refractivity contribution in [1.82, 2.24) is 14.8 Å². The van der Waals surface area contributed by atoms with Crippen molar-refractivity contribution < 1.29 is 9.13 Å². The fraction of sp³-hybridized carbons (Fsp3) is 0.0667. The first-order valence-electron chi connectivity index (χ1n) is 6.33. The number of halogens is 1. The molecule has 106 valence electrons. The van der Waals surface area contributed by atoms with Gasteiger partial charge in [-0.15, -0.1) is 5.10 Å². The average molecular weight is 284 g/mol. The topological polar surface area (TPSA) is 66.0 Å². The Kier molecular flexibility index (Phi) is 3.27. The van der Waals surface area contributed by atoms with Crippen molar-refractivity contribution >= 4 is 5.69 Å². The van der Waals surface area contributed by atoms with Gasteiger partial charge in [0.1, 0.15) is 11.6 Å². The Labute approximate surface area is 120 Å². The van der Waals surface area contributed by atoms with E-state index in [9.17, 15) is 4.39 Å². The highest BCUT2D eigenvalue weighted by Crippen LogP contribution is 2.23. The van der Waals surface area contributed by atoms with Crippen molar-refractivity contribution in [2.75, 3.05) is 5.73 Å². The summed E-state index contributed by atoms with van der Waals surface area (Å²) in [5.41, 5.74) is 7.25. The van der Waals surface area contributed by atoms with Gasteiger partial charge in [-0.3, -0.25) is 4.98 Å². The highest BCUT2D eigenvalue weighted by atomic mass is 19.1. The lowest BCUT2D eigenvalue weighted by Gasteiger charge is -2.04. The van der Waals surface area contributed by atoms with Gasteiger partial charge in [0.15, 0.2) is 0 Å². The van der Waals surface area contributed by atoms with Gasteiger partial charge in [0, 0.05) is 24.0 Å². The zero-order valence-corrected chi connectivity index (χ0v) is 11.3. The fourth-order valence-electron chi connectivity index (χ4n) is 1.79. The van der Waals surface area contributed by atoms with E-state index in [4.69, 9.17) is 10.5 Å². The monoisotopic (exact) mass is 284 g/mol. The smallest absolute Gasteiger partial charge is 0.238 e. The van der Waals surface area contributed by atoms with Gasteiger partial charge in [-0.25, -0.2) is 9.07 Å². The van der Waals surface area contributed by atoms with Crippen LogP contribution in [0.2, 0.25) is 0 Å². The first-order valence-corrected chi connectivity index (χ1v) is 6.33. The summed E-state index contributed by atoms with van der Waals surface area (Å²) in [5.74, 6) is 0.184. The van der Waals surface area contributed by atoms with Crippen LogP contribution in [0.5, 0.6) is 11.6 Å². The molecule has 0 spiro atoms. The molecular weight excluding hydrogens is 271 g/mol. The number of nitrogens with two attached hydrogens (primary N) is 1. The third-order valence-corrected chi connectivity index (χ3v) is 2.92. The molecule has 0 atom stereocenters. The summed E-state index contributed by atoms with van der Waals surface area (Å²) >= 11 is 0. The maximum Gasteiger partial charge on any atom is 0.238 e. The Morgan fingerprint density at radius 3 is 2.76 bits per heavy atom. The van der Waals surface area contributed by atoms with Crippen LogP contribution in [0.15, 0.2) is 48.8 Å². The van der Waals surface area contributed by atoms with Crippen LogP contribution in [0.3, 0.4) is 0 Å². The Morgan fingerprint density at radius 2 is 2.05 bits per heavy atom. The first-order chi connectivity index (χ1) is 10.1. The molecule has 2 heterocycles. The van der Waals surface area contributed by atoms with Gasteiger partial charge in [0.05, 0.1) is 17.6 Å². The van der Waals surface area contributed by atoms with Gasteiger partial charge < -0.3 is 10.5 Å². The first kappa shape index (κ1) is 13.1. The number of pyridine rings is 1. The van der Waals surface area contributed by atoms with E-state index in [1.54, 1.807) is 29.2 Å². The van der Waals surface area contributed by atoms with Gasteiger partial charge in [0.25, 0.3) is 0 Å². The molecule has 21 heavy (non-hydrogen) atoms. The van der Waals surface area contributed by atoms with Crippen molar-refractivity contribution in [1.29, 1.82) is 0 Å². The molecule has 0 aliphatic heterocycles. The minimum absolute atomic E-state index is 0.0820. The third-order valence-electron chi connectivity index (χ3n) is 2.92. The molecule has 0 saturated carbocycles. The normalized spacial score (nSPS) is 10.6. The molecule has 5 nitrogen and oxygen atoms in total. The summed E-state index contributed by atoms with van der Waals surface area (Å²) in [6.45, 7) is 1.91. The standard InChI is InChI=1S/C15H13FN4O/c1-10-2-3-11(9-18-10)20-7-6-15(19-20)21-12-4-5-14(17)13(16)8-12/h2-9H,17H2,1H3. The molecular formula is C15H13FN4O. The van der Waals surface area contributed by atoms with Gasteiger partial charge >= 0.3 is 0 Å². The Hall–Kier alpha value is -2.89. The highest BCUT2D eigenvalue weighted by Gasteiger charge is 2.06. The maximum absolute atomic E-state index is 13.4. The number of hydrogen-bond donors (Lipinski definition) is 1. The minimum atomic E-state index is -0.519. The predicted molar refractivity (Wildman–Crippen MR) is 77.0 cm³/mol. The molecule has 3 aromatic rings. The second-order valence-electron chi connectivity index (χ2n) is 4.54. The van der Waals surface area contributed by atoms with Crippen molar-refractivity contribution in [3.8, 4) is 17.3 Å². The molecule has 3 rings (SSSR count). The summed E-state index contributed by atoms with van der Waals surface area (Å²) in [5, 5.41) is 4.26. The molecule has 0 amide bonds. The number of anilines is 1. The van der Waals surface area contributed by atoms with Crippen molar-refractivity contribution in [3.63, 3.8) is 0 Å². The van der Waals surface area contributed by atoms with E-state index < -0.39 is 5.82 Å². The maximum atomic E-state index is 13.4.